The van der Waals surface area contributed by atoms with E-state index in [2.05, 4.69) is 43.6 Å². The first-order chi connectivity index (χ1) is 14.4. The third-order valence-corrected chi connectivity index (χ3v) is 5.08. The van der Waals surface area contributed by atoms with Gasteiger partial charge in [0.25, 0.3) is 5.56 Å². The van der Waals surface area contributed by atoms with Crippen LogP contribution in [0.5, 0.6) is 5.75 Å². The van der Waals surface area contributed by atoms with Crippen LogP contribution in [0.15, 0.2) is 60.0 Å². The van der Waals surface area contributed by atoms with Crippen LogP contribution < -0.4 is 10.3 Å². The van der Waals surface area contributed by atoms with E-state index in [0.717, 1.165) is 16.9 Å². The Morgan fingerprint density at radius 1 is 1.13 bits per heavy atom. The Morgan fingerprint density at radius 2 is 1.93 bits per heavy atom. The molecular weight excluding hydrogens is 376 g/mol. The maximum absolute atomic E-state index is 13.3. The number of nitrogens with zero attached hydrogens (tertiary/aromatic N) is 4. The van der Waals surface area contributed by atoms with Gasteiger partial charge in [-0.25, -0.2) is 9.67 Å². The summed E-state index contributed by atoms with van der Waals surface area (Å²) in [5, 5.41) is 4.76. The van der Waals surface area contributed by atoms with Gasteiger partial charge < -0.3 is 4.74 Å². The summed E-state index contributed by atoms with van der Waals surface area (Å²) in [6.07, 6.45) is 3.35. The molecule has 0 saturated heterocycles. The molecule has 0 N–H and O–H groups in total. The fraction of sp³-hybridized carbons (Fsp3) is 0.208. The SMILES string of the molecule is C=CCOc1cccn2c(=O)c(-c3cc(C)n(-c4ccc(C)cc4C)n3)c(C)nc12. The Kier molecular flexibility index (Phi) is 4.99. The van der Waals surface area contributed by atoms with Crippen molar-refractivity contribution in [1.29, 1.82) is 0 Å². The topological polar surface area (TPSA) is 61.4 Å². The van der Waals surface area contributed by atoms with E-state index >= 15 is 0 Å². The van der Waals surface area contributed by atoms with Crippen molar-refractivity contribution in [3.05, 3.63) is 88.1 Å². The van der Waals surface area contributed by atoms with Crippen molar-refractivity contribution in [3.8, 4) is 22.7 Å². The average molecular weight is 400 g/mol. The van der Waals surface area contributed by atoms with Gasteiger partial charge in [0.1, 0.15) is 12.3 Å². The van der Waals surface area contributed by atoms with Crippen LogP contribution in [0.3, 0.4) is 0 Å². The molecule has 4 aromatic rings. The van der Waals surface area contributed by atoms with Crippen LogP contribution in [0.25, 0.3) is 22.6 Å². The van der Waals surface area contributed by atoms with Gasteiger partial charge in [-0.3, -0.25) is 9.20 Å². The number of fused-ring (bicyclic) bond motifs is 1. The zero-order valence-electron chi connectivity index (χ0n) is 17.6. The van der Waals surface area contributed by atoms with Gasteiger partial charge in [-0.05, 0) is 57.5 Å². The second-order valence-corrected chi connectivity index (χ2v) is 7.42. The summed E-state index contributed by atoms with van der Waals surface area (Å²) in [5.41, 5.74) is 6.28. The monoisotopic (exact) mass is 400 g/mol. The van der Waals surface area contributed by atoms with E-state index in [4.69, 9.17) is 9.84 Å². The number of pyridine rings is 1. The van der Waals surface area contributed by atoms with Crippen LogP contribution in [0.2, 0.25) is 0 Å². The maximum atomic E-state index is 13.3. The normalized spacial score (nSPS) is 11.1. The molecule has 0 aliphatic rings. The minimum atomic E-state index is -0.174. The molecule has 0 aliphatic carbocycles. The maximum Gasteiger partial charge on any atom is 0.267 e. The first-order valence-electron chi connectivity index (χ1n) is 9.81. The van der Waals surface area contributed by atoms with E-state index in [0.29, 0.717) is 35.0 Å². The largest absolute Gasteiger partial charge is 0.486 e. The Hall–Kier alpha value is -3.67. The zero-order chi connectivity index (χ0) is 21.4. The third-order valence-electron chi connectivity index (χ3n) is 5.08. The van der Waals surface area contributed by atoms with Gasteiger partial charge in [-0.1, -0.05) is 30.4 Å². The molecule has 0 spiro atoms. The van der Waals surface area contributed by atoms with Crippen molar-refractivity contribution in [1.82, 2.24) is 19.2 Å². The molecule has 0 saturated carbocycles. The molecule has 0 unspecified atom stereocenters. The lowest BCUT2D eigenvalue weighted by Crippen LogP contribution is -2.19. The summed E-state index contributed by atoms with van der Waals surface area (Å²) in [5.74, 6) is 0.543. The van der Waals surface area contributed by atoms with E-state index in [1.165, 1.54) is 9.96 Å². The molecule has 6 heteroatoms. The lowest BCUT2D eigenvalue weighted by molar-refractivity contribution is 0.365. The first-order valence-corrected chi connectivity index (χ1v) is 9.81. The molecule has 0 aliphatic heterocycles. The number of hydrogen-bond donors (Lipinski definition) is 0. The second kappa shape index (κ2) is 7.63. The van der Waals surface area contributed by atoms with Gasteiger partial charge in [-0.2, -0.15) is 5.10 Å². The van der Waals surface area contributed by atoms with Crippen molar-refractivity contribution in [3.63, 3.8) is 0 Å². The standard InChI is InChI=1S/C24H24N4O2/c1-6-12-30-21-8-7-11-27-23(21)25-18(5)22(24(27)29)19-14-17(4)28(26-19)20-10-9-15(2)13-16(20)3/h6-11,13-14H,1,12H2,2-5H3. The lowest BCUT2D eigenvalue weighted by Gasteiger charge is -2.11. The van der Waals surface area contributed by atoms with Crippen molar-refractivity contribution < 1.29 is 4.74 Å². The Bertz CT molecular complexity index is 1330. The molecule has 3 heterocycles. The highest BCUT2D eigenvalue weighted by Gasteiger charge is 2.18. The molecule has 1 aromatic carbocycles. The van der Waals surface area contributed by atoms with Crippen LogP contribution in [0.4, 0.5) is 0 Å². The fourth-order valence-electron chi connectivity index (χ4n) is 3.68. The van der Waals surface area contributed by atoms with E-state index in [9.17, 15) is 4.79 Å². The van der Waals surface area contributed by atoms with Crippen LogP contribution in [0.1, 0.15) is 22.5 Å². The van der Waals surface area contributed by atoms with Gasteiger partial charge >= 0.3 is 0 Å². The summed E-state index contributed by atoms with van der Waals surface area (Å²) in [6.45, 7) is 11.9. The smallest absolute Gasteiger partial charge is 0.267 e. The Morgan fingerprint density at radius 3 is 2.67 bits per heavy atom. The van der Waals surface area contributed by atoms with Gasteiger partial charge in [0.15, 0.2) is 11.4 Å². The number of rotatable bonds is 5. The highest BCUT2D eigenvalue weighted by molar-refractivity contribution is 5.66. The molecule has 0 atom stereocenters. The molecular formula is C24H24N4O2. The molecule has 152 valence electrons. The number of hydrogen-bond acceptors (Lipinski definition) is 4. The summed E-state index contributed by atoms with van der Waals surface area (Å²) in [6, 6.07) is 11.7. The first kappa shape index (κ1) is 19.6. The van der Waals surface area contributed by atoms with E-state index < -0.39 is 0 Å². The van der Waals surface area contributed by atoms with Crippen LogP contribution in [-0.2, 0) is 0 Å². The molecule has 0 radical (unpaired) electrons. The molecule has 0 amide bonds. The zero-order valence-corrected chi connectivity index (χ0v) is 17.6. The number of aromatic nitrogens is 4. The van der Waals surface area contributed by atoms with Crippen LogP contribution in [-0.4, -0.2) is 25.8 Å². The minimum absolute atomic E-state index is 0.174. The highest BCUT2D eigenvalue weighted by atomic mass is 16.5. The molecule has 4 rings (SSSR count). The van der Waals surface area contributed by atoms with E-state index in [-0.39, 0.29) is 5.56 Å². The summed E-state index contributed by atoms with van der Waals surface area (Å²) in [4.78, 5) is 18.0. The van der Waals surface area contributed by atoms with Crippen molar-refractivity contribution in [2.45, 2.75) is 27.7 Å². The summed E-state index contributed by atoms with van der Waals surface area (Å²) < 4.78 is 9.05. The van der Waals surface area contributed by atoms with Gasteiger partial charge in [0.05, 0.1) is 16.9 Å². The van der Waals surface area contributed by atoms with Crippen molar-refractivity contribution in [2.24, 2.45) is 0 Å². The predicted octanol–water partition coefficient (Wildman–Crippen LogP) is 4.35. The molecule has 6 nitrogen and oxygen atoms in total. The molecule has 3 aromatic heterocycles. The summed E-state index contributed by atoms with van der Waals surface area (Å²) >= 11 is 0. The second-order valence-electron chi connectivity index (χ2n) is 7.42. The molecule has 0 bridgehead atoms. The number of ether oxygens (including phenoxy) is 1. The Balaban J connectivity index is 1.88. The molecule has 30 heavy (non-hydrogen) atoms. The van der Waals surface area contributed by atoms with Crippen molar-refractivity contribution >= 4 is 5.65 Å². The van der Waals surface area contributed by atoms with Gasteiger partial charge in [0, 0.05) is 11.9 Å². The molecule has 0 fully saturated rings. The summed E-state index contributed by atoms with van der Waals surface area (Å²) in [7, 11) is 0. The quantitative estimate of drug-likeness (QED) is 0.468. The fourth-order valence-corrected chi connectivity index (χ4v) is 3.68. The van der Waals surface area contributed by atoms with E-state index in [1.54, 1.807) is 24.4 Å². The van der Waals surface area contributed by atoms with Gasteiger partial charge in [-0.15, -0.1) is 0 Å². The third kappa shape index (κ3) is 3.30. The predicted molar refractivity (Wildman–Crippen MR) is 119 cm³/mol. The Labute approximate surface area is 175 Å². The number of benzene rings is 1. The van der Waals surface area contributed by atoms with Crippen LogP contribution >= 0.6 is 0 Å². The highest BCUT2D eigenvalue weighted by Crippen LogP contribution is 2.25. The lowest BCUT2D eigenvalue weighted by atomic mass is 10.1. The minimum Gasteiger partial charge on any atom is -0.486 e. The van der Waals surface area contributed by atoms with Gasteiger partial charge in [0.2, 0.25) is 0 Å². The van der Waals surface area contributed by atoms with E-state index in [1.807, 2.05) is 24.6 Å². The average Bonchev–Trinajstić information content (AvgIpc) is 3.07. The number of aryl methyl sites for hydroxylation is 4. The van der Waals surface area contributed by atoms with Crippen molar-refractivity contribution in [2.75, 3.05) is 6.61 Å². The van der Waals surface area contributed by atoms with Crippen LogP contribution in [0, 0.1) is 27.7 Å².